The van der Waals surface area contributed by atoms with Gasteiger partial charge in [0.05, 0.1) is 34.9 Å². The highest BCUT2D eigenvalue weighted by atomic mass is 32.1. The molecule has 0 aliphatic heterocycles. The first kappa shape index (κ1) is 34.1. The maximum absolute atomic E-state index is 13.6. The van der Waals surface area contributed by atoms with Gasteiger partial charge in [0, 0.05) is 55.2 Å². The largest absolute Gasteiger partial charge is 0.301 e. The van der Waals surface area contributed by atoms with Crippen LogP contribution in [0.5, 0.6) is 0 Å². The average Bonchev–Trinajstić information content (AvgIpc) is 4.03. The maximum Gasteiger partial charge on any atom is 0.243 e. The van der Waals surface area contributed by atoms with Gasteiger partial charge in [-0.3, -0.25) is 9.59 Å². The lowest BCUT2D eigenvalue weighted by Gasteiger charge is -2.40. The van der Waals surface area contributed by atoms with Gasteiger partial charge >= 0.3 is 0 Å². The molecule has 3 heterocycles. The summed E-state index contributed by atoms with van der Waals surface area (Å²) in [5.41, 5.74) is 9.48. The number of benzene rings is 5. The van der Waals surface area contributed by atoms with Crippen molar-refractivity contribution >= 4 is 118 Å². The van der Waals surface area contributed by atoms with Crippen LogP contribution in [0.1, 0.15) is 49.7 Å². The third-order valence-electron chi connectivity index (χ3n) is 12.5. The van der Waals surface area contributed by atoms with E-state index >= 15 is 0 Å². The van der Waals surface area contributed by atoms with Crippen LogP contribution in [0.25, 0.3) is 54.1 Å². The van der Waals surface area contributed by atoms with Crippen molar-refractivity contribution in [2.45, 2.75) is 52.4 Å². The van der Waals surface area contributed by atoms with Crippen molar-refractivity contribution in [3.05, 3.63) is 96.1 Å². The number of aliphatic imine (C=N–C) groups is 1. The highest BCUT2D eigenvalue weighted by Crippen LogP contribution is 2.52. The van der Waals surface area contributed by atoms with E-state index in [4.69, 9.17) is 22.5 Å². The van der Waals surface area contributed by atoms with Gasteiger partial charge in [-0.15, -0.1) is 11.3 Å². The number of fused-ring (bicyclic) bond motifs is 8. The number of Topliss-reactive ketones (excluding diaryl/α,β-unsaturated/α-hetero) is 2. The Bertz CT molecular complexity index is 2880. The van der Waals surface area contributed by atoms with E-state index in [1.807, 2.05) is 6.07 Å². The minimum Gasteiger partial charge on any atom is -0.301 e. The monoisotopic (exact) mass is 788 g/mol. The molecule has 11 heteroatoms. The first-order valence-electron chi connectivity index (χ1n) is 19.4. The predicted octanol–water partition coefficient (Wildman–Crippen LogP) is 11.9. The number of thiophene rings is 1. The van der Waals surface area contributed by atoms with E-state index < -0.39 is 5.78 Å². The van der Waals surface area contributed by atoms with Crippen LogP contribution in [-0.4, -0.2) is 34.8 Å². The number of rotatable bonds is 5. The zero-order valence-corrected chi connectivity index (χ0v) is 33.3. The van der Waals surface area contributed by atoms with E-state index in [2.05, 4.69) is 97.6 Å². The molecule has 3 saturated carbocycles. The standard InChI is InChI=1S/C45H36N6O2S3/c1-23-11-15-27(16-12-23)51(28-17-13-24(2)14-18-28)45-30-10-6-5-9-29(30)44(54-45)35-21-32-33(37-39(35)49-55-47-37)22-36(41-38(32)48-56-50-41)46-40-31-19-25-7-3-4-8-26(25)20-34(31)42(52)43(40)53/h5-6,9-18,21-22,25-26,31,34H,3-4,7-8,19-20H2,1-2H3. The summed E-state index contributed by atoms with van der Waals surface area (Å²) >= 11 is 4.07. The second-order valence-corrected chi connectivity index (χ2v) is 17.9. The lowest BCUT2D eigenvalue weighted by Crippen LogP contribution is -2.35. The molecule has 3 aliphatic carbocycles. The van der Waals surface area contributed by atoms with Crippen molar-refractivity contribution in [2.24, 2.45) is 28.7 Å². The van der Waals surface area contributed by atoms with Crippen LogP contribution in [0.4, 0.5) is 22.1 Å². The number of hydrogen-bond donors (Lipinski definition) is 0. The molecule has 5 aromatic carbocycles. The summed E-state index contributed by atoms with van der Waals surface area (Å²) in [4.78, 5) is 35.5. The van der Waals surface area contributed by atoms with Crippen molar-refractivity contribution < 1.29 is 9.59 Å². The summed E-state index contributed by atoms with van der Waals surface area (Å²) in [5, 5.41) is 5.17. The van der Waals surface area contributed by atoms with Gasteiger partial charge < -0.3 is 4.90 Å². The van der Waals surface area contributed by atoms with Crippen molar-refractivity contribution in [3.8, 4) is 10.4 Å². The van der Waals surface area contributed by atoms with E-state index in [1.165, 1.54) is 42.1 Å². The van der Waals surface area contributed by atoms with Gasteiger partial charge in [0.15, 0.2) is 0 Å². The summed E-state index contributed by atoms with van der Waals surface area (Å²) in [5.74, 6) is 0.0432. The maximum atomic E-state index is 13.6. The molecule has 3 aromatic heterocycles. The van der Waals surface area contributed by atoms with E-state index in [0.717, 1.165) is 90.4 Å². The molecule has 0 spiro atoms. The first-order valence-corrected chi connectivity index (χ1v) is 21.7. The molecule has 8 aromatic rings. The molecule has 276 valence electrons. The fraction of sp³-hybridized carbons (Fsp3) is 0.267. The molecule has 4 unspecified atom stereocenters. The van der Waals surface area contributed by atoms with Crippen LogP contribution in [-0.2, 0) is 9.59 Å². The number of carbonyl (C=O) groups excluding carboxylic acids is 2. The fourth-order valence-electron chi connectivity index (χ4n) is 9.71. The van der Waals surface area contributed by atoms with Gasteiger partial charge in [-0.2, -0.15) is 17.5 Å². The SMILES string of the molecule is Cc1ccc(N(c2ccc(C)cc2)c2sc(-c3cc4c(cc(N=C5C(=O)C(=O)C6CC7CCCCC7CC56)c5nsnc54)c4nsnc34)c3ccccc23)cc1. The molecule has 11 rings (SSSR count). The Kier molecular flexibility index (Phi) is 8.02. The van der Waals surface area contributed by atoms with Gasteiger partial charge in [-0.25, -0.2) is 4.99 Å². The van der Waals surface area contributed by atoms with Crippen LogP contribution >= 0.6 is 34.8 Å². The van der Waals surface area contributed by atoms with Crippen molar-refractivity contribution in [2.75, 3.05) is 4.90 Å². The number of carbonyl (C=O) groups is 2. The fourth-order valence-corrected chi connectivity index (χ4v) is 12.2. The zero-order valence-electron chi connectivity index (χ0n) is 30.9. The summed E-state index contributed by atoms with van der Waals surface area (Å²) in [6.07, 6.45) is 6.46. The van der Waals surface area contributed by atoms with E-state index in [0.29, 0.717) is 34.3 Å². The van der Waals surface area contributed by atoms with Crippen LogP contribution in [0.15, 0.2) is 89.9 Å². The predicted molar refractivity (Wildman–Crippen MR) is 230 cm³/mol. The molecule has 56 heavy (non-hydrogen) atoms. The second kappa shape index (κ2) is 13.2. The smallest absolute Gasteiger partial charge is 0.243 e. The Morgan fingerprint density at radius 1 is 0.643 bits per heavy atom. The summed E-state index contributed by atoms with van der Waals surface area (Å²) in [6, 6.07) is 30.1. The van der Waals surface area contributed by atoms with Crippen LogP contribution in [0.3, 0.4) is 0 Å². The third-order valence-corrected chi connectivity index (χ3v) is 14.8. The molecule has 3 fully saturated rings. The molecule has 8 nitrogen and oxygen atoms in total. The Labute approximate surface area is 335 Å². The van der Waals surface area contributed by atoms with E-state index in [-0.39, 0.29) is 17.6 Å². The molecular formula is C45H36N6O2S3. The zero-order chi connectivity index (χ0) is 37.7. The topological polar surface area (TPSA) is 101 Å². The molecular weight excluding hydrogens is 753 g/mol. The van der Waals surface area contributed by atoms with Crippen molar-refractivity contribution in [3.63, 3.8) is 0 Å². The summed E-state index contributed by atoms with van der Waals surface area (Å²) in [7, 11) is 0. The van der Waals surface area contributed by atoms with Gasteiger partial charge in [0.2, 0.25) is 11.6 Å². The Hall–Kier alpha value is -5.23. The molecule has 3 aliphatic rings. The number of aromatic nitrogens is 4. The minimum absolute atomic E-state index is 0.129. The van der Waals surface area contributed by atoms with Gasteiger partial charge in [-0.05, 0) is 74.9 Å². The Balaban J connectivity index is 1.09. The average molecular weight is 789 g/mol. The third kappa shape index (κ3) is 5.31. The number of ketones is 2. The van der Waals surface area contributed by atoms with Crippen LogP contribution < -0.4 is 4.90 Å². The highest BCUT2D eigenvalue weighted by Gasteiger charge is 2.52. The van der Waals surface area contributed by atoms with Crippen molar-refractivity contribution in [1.82, 2.24) is 17.5 Å². The normalized spacial score (nSPS) is 21.8. The summed E-state index contributed by atoms with van der Waals surface area (Å²) < 4.78 is 19.4. The molecule has 0 radical (unpaired) electrons. The van der Waals surface area contributed by atoms with Gasteiger partial charge in [0.25, 0.3) is 0 Å². The lowest BCUT2D eigenvalue weighted by molar-refractivity contribution is -0.135. The number of hydrogen-bond acceptors (Lipinski definition) is 11. The Morgan fingerprint density at radius 3 is 1.89 bits per heavy atom. The molecule has 4 atom stereocenters. The molecule has 0 N–H and O–H groups in total. The van der Waals surface area contributed by atoms with E-state index in [1.54, 1.807) is 11.3 Å². The molecule has 0 saturated heterocycles. The van der Waals surface area contributed by atoms with Gasteiger partial charge in [-0.1, -0.05) is 85.3 Å². The molecule has 0 bridgehead atoms. The van der Waals surface area contributed by atoms with Crippen LogP contribution in [0, 0.1) is 37.5 Å². The number of aryl methyl sites for hydroxylation is 2. The lowest BCUT2D eigenvalue weighted by atomic mass is 9.64. The Morgan fingerprint density at radius 2 is 1.21 bits per heavy atom. The second-order valence-electron chi connectivity index (χ2n) is 15.8. The molecule has 0 amide bonds. The van der Waals surface area contributed by atoms with Gasteiger partial charge in [0.1, 0.15) is 27.1 Å². The number of anilines is 3. The highest BCUT2D eigenvalue weighted by molar-refractivity contribution is 7.22. The number of nitrogens with zero attached hydrogens (tertiary/aromatic N) is 6. The quantitative estimate of drug-likeness (QED) is 0.160. The summed E-state index contributed by atoms with van der Waals surface area (Å²) in [6.45, 7) is 4.23. The van der Waals surface area contributed by atoms with Crippen LogP contribution in [0.2, 0.25) is 0 Å². The van der Waals surface area contributed by atoms with Crippen molar-refractivity contribution in [1.29, 1.82) is 0 Å². The van der Waals surface area contributed by atoms with E-state index in [9.17, 15) is 9.59 Å². The minimum atomic E-state index is -0.420. The first-order chi connectivity index (χ1) is 27.4.